The van der Waals surface area contributed by atoms with E-state index in [1.807, 2.05) is 36.6 Å². The molecule has 0 aliphatic heterocycles. The fourth-order valence-electron chi connectivity index (χ4n) is 2.54. The number of hydrogen-bond donors (Lipinski definition) is 1. The van der Waals surface area contributed by atoms with E-state index in [0.717, 1.165) is 31.2 Å². The van der Waals surface area contributed by atoms with Crippen LogP contribution in [-0.4, -0.2) is 19.7 Å². The Kier molecular flexibility index (Phi) is 6.13. The lowest BCUT2D eigenvalue weighted by atomic mass is 9.86. The lowest BCUT2D eigenvalue weighted by Crippen LogP contribution is -2.30. The van der Waals surface area contributed by atoms with Crippen LogP contribution in [0.25, 0.3) is 0 Å². The molecular formula is C17H23NO3. The first-order chi connectivity index (χ1) is 10.3. The maximum atomic E-state index is 11.7. The zero-order valence-corrected chi connectivity index (χ0v) is 12.5. The molecule has 1 aromatic rings. The van der Waals surface area contributed by atoms with Gasteiger partial charge in [-0.2, -0.15) is 0 Å². The Morgan fingerprint density at radius 2 is 2.00 bits per heavy atom. The van der Waals surface area contributed by atoms with E-state index >= 15 is 0 Å². The summed E-state index contributed by atoms with van der Waals surface area (Å²) in [5, 5.41) is 2.86. The molecule has 2 rings (SSSR count). The summed E-state index contributed by atoms with van der Waals surface area (Å²) in [6.45, 7) is 1.01. The molecule has 4 heteroatoms. The predicted molar refractivity (Wildman–Crippen MR) is 81.7 cm³/mol. The lowest BCUT2D eigenvalue weighted by molar-refractivity contribution is 0.137. The van der Waals surface area contributed by atoms with Crippen LogP contribution in [0.2, 0.25) is 0 Å². The van der Waals surface area contributed by atoms with E-state index in [2.05, 4.69) is 5.32 Å². The second kappa shape index (κ2) is 8.35. The Morgan fingerprint density at radius 3 is 2.67 bits per heavy atom. The Hall–Kier alpha value is -1.97. The molecule has 1 fully saturated rings. The third-order valence-corrected chi connectivity index (χ3v) is 3.78. The number of methoxy groups -OCH3 is 1. The van der Waals surface area contributed by atoms with Crippen molar-refractivity contribution in [3.63, 3.8) is 0 Å². The maximum absolute atomic E-state index is 11.7. The van der Waals surface area contributed by atoms with E-state index in [-0.39, 0.29) is 6.09 Å². The van der Waals surface area contributed by atoms with Crippen LogP contribution in [0.4, 0.5) is 4.79 Å². The van der Waals surface area contributed by atoms with Crippen LogP contribution in [-0.2, 0) is 16.1 Å². The Bertz CT molecular complexity index is 460. The summed E-state index contributed by atoms with van der Waals surface area (Å²) in [5.74, 6) is 0.531. The number of amides is 1. The number of alkyl carbamates (subject to hydrolysis) is 1. The van der Waals surface area contributed by atoms with Crippen LogP contribution in [0.3, 0.4) is 0 Å². The fraction of sp³-hybridized carbons (Fsp3) is 0.471. The van der Waals surface area contributed by atoms with Crippen molar-refractivity contribution in [3.8, 4) is 0 Å². The highest BCUT2D eigenvalue weighted by Crippen LogP contribution is 2.27. The van der Waals surface area contributed by atoms with E-state index in [9.17, 15) is 4.79 Å². The third kappa shape index (κ3) is 5.50. The largest absolute Gasteiger partial charge is 0.504 e. The molecular weight excluding hydrogens is 266 g/mol. The van der Waals surface area contributed by atoms with Crippen molar-refractivity contribution in [2.24, 2.45) is 5.92 Å². The molecule has 0 atom stereocenters. The predicted octanol–water partition coefficient (Wildman–Crippen LogP) is 3.63. The molecule has 0 bridgehead atoms. The fourth-order valence-corrected chi connectivity index (χ4v) is 2.54. The van der Waals surface area contributed by atoms with Crippen molar-refractivity contribution in [1.82, 2.24) is 5.32 Å². The summed E-state index contributed by atoms with van der Waals surface area (Å²) >= 11 is 0. The number of ether oxygens (including phenoxy) is 2. The van der Waals surface area contributed by atoms with Crippen molar-refractivity contribution in [2.75, 3.05) is 13.7 Å². The molecule has 1 aliphatic rings. The van der Waals surface area contributed by atoms with Crippen molar-refractivity contribution >= 4 is 6.09 Å². The standard InChI is InChI=1S/C17H23NO3/c1-20-12-16-9-7-14(8-10-16)11-18-17(19)21-13-15-5-3-2-4-6-15/h2-6,12,14H,7-11,13H2,1H3,(H,18,19). The second-order valence-electron chi connectivity index (χ2n) is 5.40. The number of nitrogens with one attached hydrogen (secondary N) is 1. The average molecular weight is 289 g/mol. The molecule has 1 aromatic carbocycles. The van der Waals surface area contributed by atoms with Gasteiger partial charge >= 0.3 is 6.09 Å². The van der Waals surface area contributed by atoms with Gasteiger partial charge in [-0.1, -0.05) is 30.3 Å². The van der Waals surface area contributed by atoms with Crippen molar-refractivity contribution in [1.29, 1.82) is 0 Å². The quantitative estimate of drug-likeness (QED) is 0.842. The molecule has 0 unspecified atom stereocenters. The van der Waals surface area contributed by atoms with Gasteiger partial charge in [-0.25, -0.2) is 4.79 Å². The van der Waals surface area contributed by atoms with E-state index in [0.29, 0.717) is 19.1 Å². The van der Waals surface area contributed by atoms with E-state index in [1.165, 1.54) is 5.57 Å². The van der Waals surface area contributed by atoms with Gasteiger partial charge in [0.15, 0.2) is 0 Å². The molecule has 0 spiro atoms. The first-order valence-corrected chi connectivity index (χ1v) is 7.43. The monoisotopic (exact) mass is 289 g/mol. The van der Waals surface area contributed by atoms with E-state index in [4.69, 9.17) is 9.47 Å². The molecule has 4 nitrogen and oxygen atoms in total. The van der Waals surface area contributed by atoms with E-state index < -0.39 is 0 Å². The zero-order valence-electron chi connectivity index (χ0n) is 12.5. The van der Waals surface area contributed by atoms with Gasteiger partial charge in [-0.3, -0.25) is 0 Å². The van der Waals surface area contributed by atoms with Gasteiger partial charge in [0, 0.05) is 6.54 Å². The first kappa shape index (κ1) is 15.4. The molecule has 1 saturated carbocycles. The molecule has 0 heterocycles. The van der Waals surface area contributed by atoms with Crippen LogP contribution < -0.4 is 5.32 Å². The van der Waals surface area contributed by atoms with Crippen LogP contribution in [0.15, 0.2) is 42.2 Å². The maximum Gasteiger partial charge on any atom is 0.407 e. The molecule has 0 aromatic heterocycles. The molecule has 1 amide bonds. The lowest BCUT2D eigenvalue weighted by Gasteiger charge is -2.23. The average Bonchev–Trinajstić information content (AvgIpc) is 2.53. The van der Waals surface area contributed by atoms with Gasteiger partial charge in [0.25, 0.3) is 0 Å². The van der Waals surface area contributed by atoms with Gasteiger partial charge in [0.2, 0.25) is 0 Å². The van der Waals surface area contributed by atoms with Gasteiger partial charge in [0.05, 0.1) is 13.4 Å². The van der Waals surface area contributed by atoms with Crippen LogP contribution in [0.1, 0.15) is 31.2 Å². The Labute approximate surface area is 126 Å². The summed E-state index contributed by atoms with van der Waals surface area (Å²) in [4.78, 5) is 11.7. The minimum absolute atomic E-state index is 0.318. The minimum Gasteiger partial charge on any atom is -0.504 e. The molecule has 1 aliphatic carbocycles. The number of carbonyl (C=O) groups excluding carboxylic acids is 1. The normalized spacial score (nSPS) is 18.0. The zero-order chi connectivity index (χ0) is 14.9. The number of allylic oxidation sites excluding steroid dienone is 1. The van der Waals surface area contributed by atoms with Crippen molar-refractivity contribution in [2.45, 2.75) is 32.3 Å². The van der Waals surface area contributed by atoms with E-state index in [1.54, 1.807) is 7.11 Å². The summed E-state index contributed by atoms with van der Waals surface area (Å²) in [7, 11) is 1.68. The number of hydrogen-bond acceptors (Lipinski definition) is 3. The van der Waals surface area contributed by atoms with Crippen molar-refractivity contribution < 1.29 is 14.3 Å². The molecule has 21 heavy (non-hydrogen) atoms. The molecule has 114 valence electrons. The summed E-state index contributed by atoms with van der Waals surface area (Å²) in [6, 6.07) is 9.70. The van der Waals surface area contributed by atoms with Crippen LogP contribution in [0, 0.1) is 5.92 Å². The van der Waals surface area contributed by atoms with Crippen LogP contribution in [0.5, 0.6) is 0 Å². The SMILES string of the molecule is COC=C1CCC(CNC(=O)OCc2ccccc2)CC1. The summed E-state index contributed by atoms with van der Waals surface area (Å²) < 4.78 is 10.2. The first-order valence-electron chi connectivity index (χ1n) is 7.43. The van der Waals surface area contributed by atoms with Crippen molar-refractivity contribution in [3.05, 3.63) is 47.7 Å². The highest BCUT2D eigenvalue weighted by atomic mass is 16.5. The topological polar surface area (TPSA) is 47.6 Å². The smallest absolute Gasteiger partial charge is 0.407 e. The highest BCUT2D eigenvalue weighted by molar-refractivity contribution is 5.67. The van der Waals surface area contributed by atoms with Gasteiger partial charge in [-0.05, 0) is 42.7 Å². The number of benzene rings is 1. The van der Waals surface area contributed by atoms with Crippen LogP contribution >= 0.6 is 0 Å². The molecule has 0 radical (unpaired) electrons. The van der Waals surface area contributed by atoms with Gasteiger partial charge in [-0.15, -0.1) is 0 Å². The molecule has 1 N–H and O–H groups in total. The number of carbonyl (C=O) groups is 1. The van der Waals surface area contributed by atoms with Gasteiger partial charge in [0.1, 0.15) is 6.61 Å². The Balaban J connectivity index is 1.62. The second-order valence-corrected chi connectivity index (χ2v) is 5.40. The summed E-state index contributed by atoms with van der Waals surface area (Å²) in [6.07, 6.45) is 5.80. The summed E-state index contributed by atoms with van der Waals surface area (Å²) in [5.41, 5.74) is 2.36. The third-order valence-electron chi connectivity index (χ3n) is 3.78. The minimum atomic E-state index is -0.336. The van der Waals surface area contributed by atoms with Gasteiger partial charge < -0.3 is 14.8 Å². The Morgan fingerprint density at radius 1 is 1.29 bits per heavy atom. The highest BCUT2D eigenvalue weighted by Gasteiger charge is 2.17. The molecule has 0 saturated heterocycles. The number of rotatable bonds is 5.